The standard InChI is InChI=1S/C7H15N/c1-4-6(2)5-7(3)8/h5,7H,4,8H2,1-3H3/b6-5+. The first-order valence-electron chi connectivity index (χ1n) is 3.09. The number of hydrogen-bond acceptors (Lipinski definition) is 1. The Morgan fingerprint density at radius 1 is 1.75 bits per heavy atom. The fraction of sp³-hybridized carbons (Fsp3) is 0.714. The molecule has 0 spiro atoms. The van der Waals surface area contributed by atoms with Gasteiger partial charge in [0.1, 0.15) is 0 Å². The second kappa shape index (κ2) is 3.67. The largest absolute Gasteiger partial charge is 0.325 e. The van der Waals surface area contributed by atoms with Gasteiger partial charge in [-0.2, -0.15) is 0 Å². The first-order chi connectivity index (χ1) is 3.66. The number of rotatable bonds is 2. The van der Waals surface area contributed by atoms with Gasteiger partial charge < -0.3 is 5.73 Å². The van der Waals surface area contributed by atoms with Crippen LogP contribution < -0.4 is 5.73 Å². The summed E-state index contributed by atoms with van der Waals surface area (Å²) in [6.45, 7) is 6.22. The van der Waals surface area contributed by atoms with Crippen molar-refractivity contribution < 1.29 is 0 Å². The highest BCUT2D eigenvalue weighted by molar-refractivity contribution is 5.00. The highest BCUT2D eigenvalue weighted by atomic mass is 14.6. The minimum atomic E-state index is 0.218. The molecular formula is C7H15N. The molecule has 0 amide bonds. The summed E-state index contributed by atoms with van der Waals surface area (Å²) in [4.78, 5) is 0. The maximum atomic E-state index is 5.49. The van der Waals surface area contributed by atoms with Crippen molar-refractivity contribution in [1.29, 1.82) is 0 Å². The van der Waals surface area contributed by atoms with Crippen molar-refractivity contribution in [3.8, 4) is 0 Å². The van der Waals surface area contributed by atoms with Crippen LogP contribution in [0.4, 0.5) is 0 Å². The molecule has 0 heterocycles. The second-order valence-corrected chi connectivity index (χ2v) is 2.23. The molecule has 0 saturated heterocycles. The molecule has 0 aromatic carbocycles. The van der Waals surface area contributed by atoms with Crippen LogP contribution in [-0.2, 0) is 0 Å². The summed E-state index contributed by atoms with van der Waals surface area (Å²) in [7, 11) is 0. The molecule has 0 aromatic heterocycles. The SMILES string of the molecule is CC/C(C)=C/C(C)N. The quantitative estimate of drug-likeness (QED) is 0.542. The predicted molar refractivity (Wildman–Crippen MR) is 37.7 cm³/mol. The molecule has 48 valence electrons. The third kappa shape index (κ3) is 3.88. The maximum Gasteiger partial charge on any atom is 0.0197 e. The summed E-state index contributed by atoms with van der Waals surface area (Å²) >= 11 is 0. The molecule has 1 unspecified atom stereocenters. The molecule has 0 aliphatic rings. The molecule has 0 fully saturated rings. The Bertz CT molecular complexity index is 82.4. The molecule has 0 aromatic rings. The van der Waals surface area contributed by atoms with Crippen LogP contribution in [0.1, 0.15) is 27.2 Å². The van der Waals surface area contributed by atoms with Gasteiger partial charge in [0.25, 0.3) is 0 Å². The van der Waals surface area contributed by atoms with E-state index < -0.39 is 0 Å². The molecule has 0 radical (unpaired) electrons. The van der Waals surface area contributed by atoms with Crippen LogP contribution in [0.3, 0.4) is 0 Å². The van der Waals surface area contributed by atoms with Gasteiger partial charge in [0, 0.05) is 6.04 Å². The molecule has 1 heteroatoms. The van der Waals surface area contributed by atoms with Crippen molar-refractivity contribution in [3.63, 3.8) is 0 Å². The zero-order valence-corrected chi connectivity index (χ0v) is 5.94. The van der Waals surface area contributed by atoms with Crippen LogP contribution in [0.5, 0.6) is 0 Å². The predicted octanol–water partition coefficient (Wildman–Crippen LogP) is 1.69. The van der Waals surface area contributed by atoms with Crippen molar-refractivity contribution >= 4 is 0 Å². The zero-order chi connectivity index (χ0) is 6.57. The minimum Gasteiger partial charge on any atom is -0.325 e. The van der Waals surface area contributed by atoms with Crippen molar-refractivity contribution in [2.75, 3.05) is 0 Å². The molecule has 0 bridgehead atoms. The van der Waals surface area contributed by atoms with Crippen LogP contribution in [0.25, 0.3) is 0 Å². The van der Waals surface area contributed by atoms with Gasteiger partial charge in [-0.1, -0.05) is 18.6 Å². The summed E-state index contributed by atoms with van der Waals surface area (Å²) in [6, 6.07) is 0.218. The lowest BCUT2D eigenvalue weighted by atomic mass is 10.2. The van der Waals surface area contributed by atoms with E-state index in [4.69, 9.17) is 5.73 Å². The Morgan fingerprint density at radius 3 is 2.38 bits per heavy atom. The van der Waals surface area contributed by atoms with E-state index in [1.807, 2.05) is 6.92 Å². The smallest absolute Gasteiger partial charge is 0.0197 e. The lowest BCUT2D eigenvalue weighted by molar-refractivity contribution is 0.899. The Kier molecular flexibility index (Phi) is 3.53. The maximum absolute atomic E-state index is 5.49. The number of hydrogen-bond donors (Lipinski definition) is 1. The lowest BCUT2D eigenvalue weighted by Gasteiger charge is -1.97. The first-order valence-corrected chi connectivity index (χ1v) is 3.09. The normalized spacial score (nSPS) is 16.2. The average Bonchev–Trinajstić information content (AvgIpc) is 1.65. The number of nitrogens with two attached hydrogens (primary N) is 1. The van der Waals surface area contributed by atoms with E-state index in [2.05, 4.69) is 19.9 Å². The third-order valence-electron chi connectivity index (χ3n) is 1.11. The summed E-state index contributed by atoms with van der Waals surface area (Å²) in [6.07, 6.45) is 3.20. The summed E-state index contributed by atoms with van der Waals surface area (Å²) in [5, 5.41) is 0. The Labute approximate surface area is 51.6 Å². The van der Waals surface area contributed by atoms with Gasteiger partial charge in [-0.15, -0.1) is 0 Å². The molecule has 0 aliphatic carbocycles. The van der Waals surface area contributed by atoms with Gasteiger partial charge in [0.2, 0.25) is 0 Å². The van der Waals surface area contributed by atoms with Crippen molar-refractivity contribution in [1.82, 2.24) is 0 Å². The second-order valence-electron chi connectivity index (χ2n) is 2.23. The van der Waals surface area contributed by atoms with Crippen molar-refractivity contribution in [2.45, 2.75) is 33.2 Å². The molecular weight excluding hydrogens is 98.1 g/mol. The van der Waals surface area contributed by atoms with E-state index >= 15 is 0 Å². The van der Waals surface area contributed by atoms with Crippen molar-refractivity contribution in [2.24, 2.45) is 5.73 Å². The van der Waals surface area contributed by atoms with E-state index in [-0.39, 0.29) is 6.04 Å². The van der Waals surface area contributed by atoms with E-state index in [0.717, 1.165) is 6.42 Å². The summed E-state index contributed by atoms with van der Waals surface area (Å²) in [5.41, 5.74) is 6.87. The average molecular weight is 113 g/mol. The van der Waals surface area contributed by atoms with Gasteiger partial charge >= 0.3 is 0 Å². The number of allylic oxidation sites excluding steroid dienone is 1. The Hall–Kier alpha value is -0.300. The van der Waals surface area contributed by atoms with E-state index in [1.165, 1.54) is 5.57 Å². The van der Waals surface area contributed by atoms with Gasteiger partial charge in [0.15, 0.2) is 0 Å². The van der Waals surface area contributed by atoms with Gasteiger partial charge in [-0.25, -0.2) is 0 Å². The molecule has 0 aliphatic heterocycles. The van der Waals surface area contributed by atoms with Crippen LogP contribution >= 0.6 is 0 Å². The van der Waals surface area contributed by atoms with Crippen LogP contribution in [-0.4, -0.2) is 6.04 Å². The Balaban J connectivity index is 3.56. The van der Waals surface area contributed by atoms with Gasteiger partial charge in [-0.3, -0.25) is 0 Å². The fourth-order valence-electron chi connectivity index (χ4n) is 0.567. The third-order valence-corrected chi connectivity index (χ3v) is 1.11. The molecule has 1 atom stereocenters. The first kappa shape index (κ1) is 7.70. The van der Waals surface area contributed by atoms with Crippen LogP contribution in [0.2, 0.25) is 0 Å². The zero-order valence-electron chi connectivity index (χ0n) is 5.94. The fourth-order valence-corrected chi connectivity index (χ4v) is 0.567. The highest BCUT2D eigenvalue weighted by Crippen LogP contribution is 1.97. The van der Waals surface area contributed by atoms with E-state index in [0.29, 0.717) is 0 Å². The topological polar surface area (TPSA) is 26.0 Å². The van der Waals surface area contributed by atoms with Gasteiger partial charge in [0.05, 0.1) is 0 Å². The Morgan fingerprint density at radius 2 is 2.25 bits per heavy atom. The summed E-state index contributed by atoms with van der Waals surface area (Å²) in [5.74, 6) is 0. The monoisotopic (exact) mass is 113 g/mol. The van der Waals surface area contributed by atoms with Crippen LogP contribution in [0.15, 0.2) is 11.6 Å². The molecule has 1 nitrogen and oxygen atoms in total. The molecule has 2 N–H and O–H groups in total. The molecule has 0 rings (SSSR count). The van der Waals surface area contributed by atoms with Crippen LogP contribution in [0, 0.1) is 0 Å². The molecule has 8 heavy (non-hydrogen) atoms. The molecule has 0 saturated carbocycles. The van der Waals surface area contributed by atoms with Gasteiger partial charge in [-0.05, 0) is 20.3 Å². The van der Waals surface area contributed by atoms with E-state index in [1.54, 1.807) is 0 Å². The minimum absolute atomic E-state index is 0.218. The van der Waals surface area contributed by atoms with Crippen molar-refractivity contribution in [3.05, 3.63) is 11.6 Å². The van der Waals surface area contributed by atoms with E-state index in [9.17, 15) is 0 Å². The lowest BCUT2D eigenvalue weighted by Crippen LogP contribution is -2.10. The summed E-state index contributed by atoms with van der Waals surface area (Å²) < 4.78 is 0. The highest BCUT2D eigenvalue weighted by Gasteiger charge is 1.86.